The van der Waals surface area contributed by atoms with Gasteiger partial charge in [0.2, 0.25) is 0 Å². The molecule has 0 radical (unpaired) electrons. The first-order valence-electron chi connectivity index (χ1n) is 14.4. The first-order chi connectivity index (χ1) is 21.5. The Morgan fingerprint density at radius 3 is 2.42 bits per heavy atom. The zero-order chi connectivity index (χ0) is 32.1. The number of hydrogen-bond acceptors (Lipinski definition) is 5. The van der Waals surface area contributed by atoms with Crippen LogP contribution in [0.1, 0.15) is 50.4 Å². The van der Waals surface area contributed by atoms with Crippen LogP contribution in [0.2, 0.25) is 0 Å². The maximum absolute atomic E-state index is 15.5. The number of aromatic nitrogens is 3. The van der Waals surface area contributed by atoms with Gasteiger partial charge in [0.1, 0.15) is 18.2 Å². The van der Waals surface area contributed by atoms with Crippen LogP contribution in [0.5, 0.6) is 5.75 Å². The van der Waals surface area contributed by atoms with Crippen molar-refractivity contribution in [2.24, 2.45) is 4.99 Å². The molecule has 2 atom stereocenters. The lowest BCUT2D eigenvalue weighted by atomic mass is 10.0. The van der Waals surface area contributed by atoms with Crippen LogP contribution in [0.25, 0.3) is 17.1 Å². The van der Waals surface area contributed by atoms with E-state index in [2.05, 4.69) is 49.9 Å². The van der Waals surface area contributed by atoms with Gasteiger partial charge in [-0.05, 0) is 60.7 Å². The highest BCUT2D eigenvalue weighted by atomic mass is 32.2. The molecule has 236 valence electrons. The summed E-state index contributed by atoms with van der Waals surface area (Å²) in [7, 11) is 0. The number of carbonyl (C=O) groups is 1. The molecule has 1 N–H and O–H groups in total. The number of halogens is 4. The van der Waals surface area contributed by atoms with Crippen molar-refractivity contribution >= 4 is 28.6 Å². The molecule has 8 nitrogen and oxygen atoms in total. The number of aliphatic imine (C=N–C) groups is 1. The SMILES string of the molecule is CC(C)c1ccccc1N1CCCS/C1=N\C(=O)NC(C)C(F)c1ccc(-c2ncn(-c3ccc(OC(F)(F)F)cc3)n2)cc1. The summed E-state index contributed by atoms with van der Waals surface area (Å²) in [5, 5.41) is 7.65. The minimum absolute atomic E-state index is 0.302. The van der Waals surface area contributed by atoms with Gasteiger partial charge in [-0.25, -0.2) is 18.9 Å². The first kappa shape index (κ1) is 32.0. The number of urea groups is 1. The number of ether oxygens (including phenoxy) is 1. The largest absolute Gasteiger partial charge is 0.573 e. The van der Waals surface area contributed by atoms with Crippen LogP contribution in [0.4, 0.5) is 28.0 Å². The van der Waals surface area contributed by atoms with Gasteiger partial charge in [-0.1, -0.05) is 68.1 Å². The molecule has 0 aliphatic carbocycles. The molecule has 4 aromatic rings. The predicted octanol–water partition coefficient (Wildman–Crippen LogP) is 8.06. The number of rotatable bonds is 8. The topological polar surface area (TPSA) is 84.6 Å². The zero-order valence-electron chi connectivity index (χ0n) is 24.8. The van der Waals surface area contributed by atoms with E-state index in [-0.39, 0.29) is 5.75 Å². The molecule has 1 saturated heterocycles. The molecule has 1 aliphatic heterocycles. The summed E-state index contributed by atoms with van der Waals surface area (Å²) >= 11 is 1.51. The Bertz CT molecular complexity index is 1640. The van der Waals surface area contributed by atoms with Crippen molar-refractivity contribution < 1.29 is 27.1 Å². The molecule has 2 unspecified atom stereocenters. The fourth-order valence-electron chi connectivity index (χ4n) is 4.91. The van der Waals surface area contributed by atoms with E-state index >= 15 is 4.39 Å². The van der Waals surface area contributed by atoms with Crippen LogP contribution in [-0.2, 0) is 0 Å². The van der Waals surface area contributed by atoms with Crippen LogP contribution in [0, 0.1) is 0 Å². The molecule has 1 aromatic heterocycles. The van der Waals surface area contributed by atoms with E-state index < -0.39 is 24.6 Å². The highest BCUT2D eigenvalue weighted by Gasteiger charge is 2.31. The van der Waals surface area contributed by atoms with Gasteiger partial charge in [0.05, 0.1) is 11.7 Å². The number of para-hydroxylation sites is 1. The fourth-order valence-corrected chi connectivity index (χ4v) is 5.86. The van der Waals surface area contributed by atoms with Crippen LogP contribution in [0.15, 0.2) is 84.1 Å². The minimum Gasteiger partial charge on any atom is -0.406 e. The second-order valence-corrected chi connectivity index (χ2v) is 11.8. The van der Waals surface area contributed by atoms with Crippen molar-refractivity contribution in [2.75, 3.05) is 17.2 Å². The minimum atomic E-state index is -4.78. The average molecular weight is 641 g/mol. The summed E-state index contributed by atoms with van der Waals surface area (Å²) in [4.78, 5) is 23.6. The quantitative estimate of drug-likeness (QED) is 0.196. The lowest BCUT2D eigenvalue weighted by molar-refractivity contribution is -0.274. The van der Waals surface area contributed by atoms with E-state index in [4.69, 9.17) is 0 Å². The number of nitrogens with one attached hydrogen (secondary N) is 1. The van der Waals surface area contributed by atoms with E-state index in [9.17, 15) is 18.0 Å². The number of hydrogen-bond donors (Lipinski definition) is 1. The molecular formula is C32H32F4N6O2S. The van der Waals surface area contributed by atoms with E-state index in [0.717, 1.165) is 24.4 Å². The number of thioether (sulfide) groups is 1. The molecule has 0 saturated carbocycles. The van der Waals surface area contributed by atoms with Crippen LogP contribution in [-0.4, -0.2) is 50.7 Å². The Labute approximate surface area is 262 Å². The Balaban J connectivity index is 1.22. The highest BCUT2D eigenvalue weighted by Crippen LogP contribution is 2.32. The van der Waals surface area contributed by atoms with Gasteiger partial charge >= 0.3 is 12.4 Å². The van der Waals surface area contributed by atoms with Crippen molar-refractivity contribution in [3.8, 4) is 22.8 Å². The highest BCUT2D eigenvalue weighted by molar-refractivity contribution is 8.14. The monoisotopic (exact) mass is 640 g/mol. The number of nitrogens with zero attached hydrogens (tertiary/aromatic N) is 5. The number of amides is 2. The zero-order valence-corrected chi connectivity index (χ0v) is 25.6. The average Bonchev–Trinajstić information content (AvgIpc) is 3.51. The molecule has 3 aromatic carbocycles. The van der Waals surface area contributed by atoms with Crippen LogP contribution < -0.4 is 15.0 Å². The maximum Gasteiger partial charge on any atom is 0.573 e. The first-order valence-corrected chi connectivity index (χ1v) is 15.4. The molecule has 13 heteroatoms. The second-order valence-electron chi connectivity index (χ2n) is 10.8. The molecule has 45 heavy (non-hydrogen) atoms. The summed E-state index contributed by atoms with van der Waals surface area (Å²) in [6, 6.07) is 18.4. The third-order valence-corrected chi connectivity index (χ3v) is 8.20. The fraction of sp³-hybridized carbons (Fsp3) is 0.312. The third kappa shape index (κ3) is 8.01. The van der Waals surface area contributed by atoms with Crippen molar-refractivity contribution in [3.63, 3.8) is 0 Å². The normalized spacial score (nSPS) is 16.1. The standard InChI is InChI=1S/C32H32F4N6O2S/c1-20(2)26-7-4-5-8-27(26)41-17-6-18-45-31(41)39-30(43)38-21(3)28(33)22-9-11-23(12-10-22)29-37-19-42(40-29)24-13-15-25(16-14-24)44-32(34,35)36/h4-5,7-16,19-21,28H,6,17-18H2,1-3H3,(H,38,43)/b39-31-. The Kier molecular flexibility index (Phi) is 9.76. The summed E-state index contributed by atoms with van der Waals surface area (Å²) in [5.74, 6) is 1.15. The number of benzene rings is 3. The number of amidine groups is 1. The van der Waals surface area contributed by atoms with E-state index in [1.54, 1.807) is 31.2 Å². The van der Waals surface area contributed by atoms with Gasteiger partial charge in [-0.15, -0.1) is 18.3 Å². The molecular weight excluding hydrogens is 608 g/mol. The van der Waals surface area contributed by atoms with E-state index in [1.807, 2.05) is 18.2 Å². The van der Waals surface area contributed by atoms with Crippen molar-refractivity contribution in [1.82, 2.24) is 20.1 Å². The van der Waals surface area contributed by atoms with Gasteiger partial charge in [-0.3, -0.25) is 0 Å². The molecule has 1 fully saturated rings. The Morgan fingerprint density at radius 1 is 1.02 bits per heavy atom. The number of anilines is 1. The van der Waals surface area contributed by atoms with Crippen molar-refractivity contribution in [3.05, 3.63) is 90.3 Å². The summed E-state index contributed by atoms with van der Waals surface area (Å²) in [6.07, 6.45) is -3.89. The lowest BCUT2D eigenvalue weighted by Gasteiger charge is -2.32. The number of carbonyl (C=O) groups excluding carboxylic acids is 1. The van der Waals surface area contributed by atoms with Crippen molar-refractivity contribution in [2.45, 2.75) is 51.7 Å². The molecule has 2 heterocycles. The Morgan fingerprint density at radius 2 is 1.73 bits per heavy atom. The maximum atomic E-state index is 15.5. The van der Waals surface area contributed by atoms with Gasteiger partial charge in [0, 0.05) is 23.5 Å². The van der Waals surface area contributed by atoms with Gasteiger partial charge < -0.3 is 15.0 Å². The third-order valence-electron chi connectivity index (χ3n) is 7.14. The molecule has 5 rings (SSSR count). The summed E-state index contributed by atoms with van der Waals surface area (Å²) in [5.41, 5.74) is 3.65. The molecule has 2 amide bonds. The van der Waals surface area contributed by atoms with Gasteiger partial charge in [0.15, 0.2) is 11.0 Å². The van der Waals surface area contributed by atoms with Crippen LogP contribution >= 0.6 is 11.8 Å². The van der Waals surface area contributed by atoms with E-state index in [1.165, 1.54) is 52.6 Å². The van der Waals surface area contributed by atoms with Crippen molar-refractivity contribution in [1.29, 1.82) is 0 Å². The van der Waals surface area contributed by atoms with Gasteiger partial charge in [0.25, 0.3) is 0 Å². The lowest BCUT2D eigenvalue weighted by Crippen LogP contribution is -2.38. The van der Waals surface area contributed by atoms with E-state index in [0.29, 0.717) is 33.7 Å². The smallest absolute Gasteiger partial charge is 0.406 e. The molecule has 1 aliphatic rings. The molecule has 0 spiro atoms. The predicted molar refractivity (Wildman–Crippen MR) is 168 cm³/mol. The summed E-state index contributed by atoms with van der Waals surface area (Å²) < 4.78 is 58.0. The number of alkyl halides is 4. The second kappa shape index (κ2) is 13.7. The van der Waals surface area contributed by atoms with Crippen LogP contribution in [0.3, 0.4) is 0 Å². The summed E-state index contributed by atoms with van der Waals surface area (Å²) in [6.45, 7) is 6.58. The molecule has 0 bridgehead atoms. The Hall–Kier alpha value is -4.39. The van der Waals surface area contributed by atoms with Gasteiger partial charge in [-0.2, -0.15) is 4.99 Å².